The van der Waals surface area contributed by atoms with Crippen molar-refractivity contribution in [3.8, 4) is 0 Å². The SMILES string of the molecule is CC(C)CNc1nccn1C1CCN2CCCC2C1. The van der Waals surface area contributed by atoms with E-state index in [2.05, 4.69) is 39.8 Å². The molecule has 1 aromatic rings. The predicted octanol–water partition coefficient (Wildman–Crippen LogP) is 2.75. The maximum atomic E-state index is 4.49. The van der Waals surface area contributed by atoms with Crippen molar-refractivity contribution in [1.29, 1.82) is 0 Å². The third-order valence-electron chi connectivity index (χ3n) is 4.52. The van der Waals surface area contributed by atoms with Gasteiger partial charge in [-0.2, -0.15) is 0 Å². The first-order valence-electron chi connectivity index (χ1n) is 7.75. The zero-order chi connectivity index (χ0) is 13.2. The number of hydrogen-bond acceptors (Lipinski definition) is 3. The van der Waals surface area contributed by atoms with E-state index in [1.54, 1.807) is 0 Å². The van der Waals surface area contributed by atoms with Crippen LogP contribution in [0, 0.1) is 5.92 Å². The highest BCUT2D eigenvalue weighted by atomic mass is 15.2. The van der Waals surface area contributed by atoms with E-state index in [0.717, 1.165) is 18.5 Å². The fourth-order valence-corrected chi connectivity index (χ4v) is 3.50. The minimum absolute atomic E-state index is 0.636. The summed E-state index contributed by atoms with van der Waals surface area (Å²) in [6, 6.07) is 1.45. The third-order valence-corrected chi connectivity index (χ3v) is 4.52. The molecule has 106 valence electrons. The lowest BCUT2D eigenvalue weighted by Gasteiger charge is -2.35. The first-order chi connectivity index (χ1) is 9.24. The van der Waals surface area contributed by atoms with Gasteiger partial charge in [0.25, 0.3) is 0 Å². The standard InChI is InChI=1S/C15H26N4/c1-12(2)11-17-15-16-6-9-19(15)14-5-8-18-7-3-4-13(18)10-14/h6,9,12-14H,3-5,7-8,10-11H2,1-2H3,(H,16,17). The van der Waals surface area contributed by atoms with Crippen molar-refractivity contribution >= 4 is 5.95 Å². The molecule has 1 aromatic heterocycles. The average molecular weight is 262 g/mol. The van der Waals surface area contributed by atoms with Gasteiger partial charge in [0.1, 0.15) is 0 Å². The number of piperidine rings is 1. The number of nitrogens with one attached hydrogen (secondary N) is 1. The highest BCUT2D eigenvalue weighted by Gasteiger charge is 2.32. The van der Waals surface area contributed by atoms with Gasteiger partial charge in [-0.05, 0) is 38.1 Å². The molecular weight excluding hydrogens is 236 g/mol. The Bertz CT molecular complexity index is 412. The highest BCUT2D eigenvalue weighted by molar-refractivity contribution is 5.27. The quantitative estimate of drug-likeness (QED) is 0.905. The molecule has 0 amide bonds. The van der Waals surface area contributed by atoms with Crippen LogP contribution in [0.1, 0.15) is 45.6 Å². The van der Waals surface area contributed by atoms with Crippen LogP contribution in [0.5, 0.6) is 0 Å². The topological polar surface area (TPSA) is 33.1 Å². The molecule has 3 rings (SSSR count). The Morgan fingerprint density at radius 3 is 3.05 bits per heavy atom. The van der Waals surface area contributed by atoms with E-state index >= 15 is 0 Å². The molecule has 0 spiro atoms. The van der Waals surface area contributed by atoms with Gasteiger partial charge in [-0.1, -0.05) is 13.8 Å². The lowest BCUT2D eigenvalue weighted by molar-refractivity contribution is 0.156. The van der Waals surface area contributed by atoms with Crippen LogP contribution in [-0.2, 0) is 0 Å². The summed E-state index contributed by atoms with van der Waals surface area (Å²) in [5.74, 6) is 1.71. The predicted molar refractivity (Wildman–Crippen MR) is 78.4 cm³/mol. The molecule has 2 aliphatic heterocycles. The average Bonchev–Trinajstić information content (AvgIpc) is 3.04. The normalized spacial score (nSPS) is 27.7. The number of anilines is 1. The zero-order valence-electron chi connectivity index (χ0n) is 12.2. The van der Waals surface area contributed by atoms with Crippen molar-refractivity contribution in [3.05, 3.63) is 12.4 Å². The van der Waals surface area contributed by atoms with Crippen molar-refractivity contribution in [2.75, 3.05) is 25.0 Å². The van der Waals surface area contributed by atoms with Gasteiger partial charge in [0.2, 0.25) is 5.95 Å². The number of nitrogens with zero attached hydrogens (tertiary/aromatic N) is 3. The van der Waals surface area contributed by atoms with E-state index in [4.69, 9.17) is 0 Å². The Hall–Kier alpha value is -1.03. The van der Waals surface area contributed by atoms with E-state index in [-0.39, 0.29) is 0 Å². The fraction of sp³-hybridized carbons (Fsp3) is 0.800. The van der Waals surface area contributed by atoms with Crippen molar-refractivity contribution in [2.24, 2.45) is 5.92 Å². The lowest BCUT2D eigenvalue weighted by Crippen LogP contribution is -2.38. The fourth-order valence-electron chi connectivity index (χ4n) is 3.50. The van der Waals surface area contributed by atoms with Crippen LogP contribution < -0.4 is 5.32 Å². The number of aromatic nitrogens is 2. The summed E-state index contributed by atoms with van der Waals surface area (Å²) in [6.45, 7) is 8.05. The van der Waals surface area contributed by atoms with Crippen LogP contribution in [0.3, 0.4) is 0 Å². The molecule has 3 heterocycles. The maximum Gasteiger partial charge on any atom is 0.203 e. The first-order valence-corrected chi connectivity index (χ1v) is 7.75. The van der Waals surface area contributed by atoms with Crippen LogP contribution >= 0.6 is 0 Å². The molecule has 2 aliphatic rings. The van der Waals surface area contributed by atoms with E-state index in [0.29, 0.717) is 12.0 Å². The van der Waals surface area contributed by atoms with Gasteiger partial charge in [0, 0.05) is 37.6 Å². The second-order valence-electron chi connectivity index (χ2n) is 6.44. The molecule has 4 heteroatoms. The minimum Gasteiger partial charge on any atom is -0.355 e. The molecule has 1 N–H and O–H groups in total. The summed E-state index contributed by atoms with van der Waals surface area (Å²) >= 11 is 0. The molecule has 2 fully saturated rings. The molecule has 4 nitrogen and oxygen atoms in total. The zero-order valence-corrected chi connectivity index (χ0v) is 12.2. The molecule has 0 radical (unpaired) electrons. The minimum atomic E-state index is 0.636. The van der Waals surface area contributed by atoms with Crippen molar-refractivity contribution in [2.45, 2.75) is 51.6 Å². The van der Waals surface area contributed by atoms with Gasteiger partial charge >= 0.3 is 0 Å². The monoisotopic (exact) mass is 262 g/mol. The Morgan fingerprint density at radius 2 is 2.21 bits per heavy atom. The largest absolute Gasteiger partial charge is 0.355 e. The number of fused-ring (bicyclic) bond motifs is 1. The second-order valence-corrected chi connectivity index (χ2v) is 6.44. The van der Waals surface area contributed by atoms with Gasteiger partial charge < -0.3 is 14.8 Å². The molecule has 0 saturated carbocycles. The first kappa shape index (κ1) is 13.0. The summed E-state index contributed by atoms with van der Waals surface area (Å²) in [6.07, 6.45) is 9.43. The molecule has 2 atom stereocenters. The molecule has 0 aromatic carbocycles. The van der Waals surface area contributed by atoms with Crippen LogP contribution in [0.2, 0.25) is 0 Å². The van der Waals surface area contributed by atoms with E-state index < -0.39 is 0 Å². The van der Waals surface area contributed by atoms with E-state index in [1.165, 1.54) is 38.8 Å². The number of imidazole rings is 1. The summed E-state index contributed by atoms with van der Waals surface area (Å²) in [5, 5.41) is 3.49. The lowest BCUT2D eigenvalue weighted by atomic mass is 9.97. The van der Waals surface area contributed by atoms with Gasteiger partial charge in [0.15, 0.2) is 0 Å². The third kappa shape index (κ3) is 2.78. The van der Waals surface area contributed by atoms with Gasteiger partial charge in [-0.3, -0.25) is 0 Å². The van der Waals surface area contributed by atoms with Crippen LogP contribution in [0.4, 0.5) is 5.95 Å². The molecule has 0 aliphatic carbocycles. The summed E-state index contributed by atoms with van der Waals surface area (Å²) in [4.78, 5) is 7.16. The molecular formula is C15H26N4. The molecule has 2 unspecified atom stereocenters. The maximum absolute atomic E-state index is 4.49. The molecule has 2 saturated heterocycles. The van der Waals surface area contributed by atoms with Gasteiger partial charge in [-0.25, -0.2) is 4.98 Å². The van der Waals surface area contributed by atoms with Crippen molar-refractivity contribution in [1.82, 2.24) is 14.5 Å². The Balaban J connectivity index is 1.67. The highest BCUT2D eigenvalue weighted by Crippen LogP contribution is 2.34. The summed E-state index contributed by atoms with van der Waals surface area (Å²) < 4.78 is 2.37. The molecule has 0 bridgehead atoms. The van der Waals surface area contributed by atoms with Gasteiger partial charge in [-0.15, -0.1) is 0 Å². The summed E-state index contributed by atoms with van der Waals surface area (Å²) in [5.41, 5.74) is 0. The Kier molecular flexibility index (Phi) is 3.78. The molecule has 19 heavy (non-hydrogen) atoms. The number of hydrogen-bond donors (Lipinski definition) is 1. The number of rotatable bonds is 4. The van der Waals surface area contributed by atoms with Crippen LogP contribution in [0.25, 0.3) is 0 Å². The van der Waals surface area contributed by atoms with Crippen LogP contribution in [0.15, 0.2) is 12.4 Å². The summed E-state index contributed by atoms with van der Waals surface area (Å²) in [7, 11) is 0. The smallest absolute Gasteiger partial charge is 0.203 e. The van der Waals surface area contributed by atoms with Crippen LogP contribution in [-0.4, -0.2) is 40.1 Å². The van der Waals surface area contributed by atoms with E-state index in [1.807, 2.05) is 6.20 Å². The van der Waals surface area contributed by atoms with Crippen molar-refractivity contribution in [3.63, 3.8) is 0 Å². The Labute approximate surface area is 116 Å². The van der Waals surface area contributed by atoms with Crippen molar-refractivity contribution < 1.29 is 0 Å². The second kappa shape index (κ2) is 5.53. The van der Waals surface area contributed by atoms with Gasteiger partial charge in [0.05, 0.1) is 0 Å². The Morgan fingerprint density at radius 1 is 1.32 bits per heavy atom. The van der Waals surface area contributed by atoms with E-state index in [9.17, 15) is 0 Å².